The molecule has 0 aliphatic heterocycles. The van der Waals surface area contributed by atoms with E-state index in [1.54, 1.807) is 7.05 Å². The molecular formula is C17H27IN4. The van der Waals surface area contributed by atoms with Crippen molar-refractivity contribution in [3.8, 4) is 6.07 Å². The monoisotopic (exact) mass is 414 g/mol. The van der Waals surface area contributed by atoms with Crippen LogP contribution < -0.4 is 10.6 Å². The maximum atomic E-state index is 8.78. The van der Waals surface area contributed by atoms with E-state index < -0.39 is 0 Å². The van der Waals surface area contributed by atoms with Crippen LogP contribution in [0.25, 0.3) is 0 Å². The van der Waals surface area contributed by atoms with Crippen LogP contribution in [0.3, 0.4) is 0 Å². The standard InChI is InChI=1S/C17H26N4.HI/c1-13(2)5-6-14(3)21-17(19-4)20-12-16-9-7-15(11-18)8-10-16;/h7-10,13-14H,5-6,12H2,1-4H3,(H2,19,20,21);1H. The van der Waals surface area contributed by atoms with Gasteiger partial charge >= 0.3 is 0 Å². The molecule has 1 atom stereocenters. The van der Waals surface area contributed by atoms with Gasteiger partial charge in [0.1, 0.15) is 0 Å². The van der Waals surface area contributed by atoms with Crippen molar-refractivity contribution in [1.29, 1.82) is 5.26 Å². The van der Waals surface area contributed by atoms with Crippen molar-refractivity contribution >= 4 is 29.9 Å². The Balaban J connectivity index is 0.00000441. The lowest BCUT2D eigenvalue weighted by atomic mass is 10.0. The fraction of sp³-hybridized carbons (Fsp3) is 0.529. The highest BCUT2D eigenvalue weighted by Gasteiger charge is 2.06. The second-order valence-corrected chi connectivity index (χ2v) is 5.75. The Bertz CT molecular complexity index is 488. The SMILES string of the molecule is CN=C(NCc1ccc(C#N)cc1)NC(C)CCC(C)C.I. The Kier molecular flexibility index (Phi) is 10.6. The van der Waals surface area contributed by atoms with Crippen LogP contribution in [0.1, 0.15) is 44.7 Å². The Labute approximate surface area is 151 Å². The normalized spacial score (nSPS) is 12.3. The second kappa shape index (κ2) is 11.3. The van der Waals surface area contributed by atoms with E-state index >= 15 is 0 Å². The summed E-state index contributed by atoms with van der Waals surface area (Å²) in [4.78, 5) is 4.25. The van der Waals surface area contributed by atoms with E-state index in [0.29, 0.717) is 18.2 Å². The van der Waals surface area contributed by atoms with Crippen LogP contribution in [0.5, 0.6) is 0 Å². The molecule has 1 aromatic carbocycles. The quantitative estimate of drug-likeness (QED) is 0.424. The minimum Gasteiger partial charge on any atom is -0.354 e. The molecule has 0 saturated carbocycles. The van der Waals surface area contributed by atoms with Crippen LogP contribution in [-0.4, -0.2) is 19.0 Å². The van der Waals surface area contributed by atoms with Crippen LogP contribution in [-0.2, 0) is 6.54 Å². The van der Waals surface area contributed by atoms with Gasteiger partial charge in [-0.05, 0) is 43.4 Å². The molecule has 0 aromatic heterocycles. The zero-order valence-corrected chi connectivity index (χ0v) is 16.2. The average Bonchev–Trinajstić information content (AvgIpc) is 2.49. The van der Waals surface area contributed by atoms with Crippen molar-refractivity contribution in [3.63, 3.8) is 0 Å². The molecule has 0 heterocycles. The van der Waals surface area contributed by atoms with Crippen molar-refractivity contribution in [3.05, 3.63) is 35.4 Å². The van der Waals surface area contributed by atoms with E-state index in [1.165, 1.54) is 6.42 Å². The number of nitrogens with one attached hydrogen (secondary N) is 2. The van der Waals surface area contributed by atoms with Crippen molar-refractivity contribution in [1.82, 2.24) is 10.6 Å². The van der Waals surface area contributed by atoms with Gasteiger partial charge in [-0.2, -0.15) is 5.26 Å². The summed E-state index contributed by atoms with van der Waals surface area (Å²) in [6, 6.07) is 10.1. The summed E-state index contributed by atoms with van der Waals surface area (Å²) in [6.07, 6.45) is 2.34. The first-order valence-electron chi connectivity index (χ1n) is 7.51. The highest BCUT2D eigenvalue weighted by molar-refractivity contribution is 14.0. The summed E-state index contributed by atoms with van der Waals surface area (Å²) < 4.78 is 0. The molecule has 0 bridgehead atoms. The molecule has 2 N–H and O–H groups in total. The Morgan fingerprint density at radius 1 is 1.18 bits per heavy atom. The van der Waals surface area contributed by atoms with Gasteiger partial charge < -0.3 is 10.6 Å². The van der Waals surface area contributed by atoms with E-state index in [-0.39, 0.29) is 24.0 Å². The van der Waals surface area contributed by atoms with Gasteiger partial charge in [0.15, 0.2) is 5.96 Å². The minimum atomic E-state index is 0. The van der Waals surface area contributed by atoms with E-state index in [9.17, 15) is 0 Å². The Hall–Kier alpha value is -1.29. The highest BCUT2D eigenvalue weighted by atomic mass is 127. The molecule has 4 nitrogen and oxygen atoms in total. The number of aliphatic imine (C=N–C) groups is 1. The predicted molar refractivity (Wildman–Crippen MR) is 103 cm³/mol. The second-order valence-electron chi connectivity index (χ2n) is 5.75. The van der Waals surface area contributed by atoms with Crippen LogP contribution >= 0.6 is 24.0 Å². The zero-order chi connectivity index (χ0) is 15.7. The predicted octanol–water partition coefficient (Wildman–Crippen LogP) is 3.67. The van der Waals surface area contributed by atoms with Crippen molar-refractivity contribution < 1.29 is 0 Å². The maximum Gasteiger partial charge on any atom is 0.191 e. The number of benzene rings is 1. The van der Waals surface area contributed by atoms with E-state index in [1.807, 2.05) is 24.3 Å². The van der Waals surface area contributed by atoms with Gasteiger partial charge in [0, 0.05) is 19.6 Å². The highest BCUT2D eigenvalue weighted by Crippen LogP contribution is 2.06. The third kappa shape index (κ3) is 8.23. The maximum absolute atomic E-state index is 8.78. The summed E-state index contributed by atoms with van der Waals surface area (Å²) in [5.41, 5.74) is 1.82. The smallest absolute Gasteiger partial charge is 0.191 e. The van der Waals surface area contributed by atoms with Crippen molar-refractivity contribution in [2.45, 2.75) is 46.2 Å². The number of hydrogen-bond acceptors (Lipinski definition) is 2. The van der Waals surface area contributed by atoms with Crippen molar-refractivity contribution in [2.75, 3.05) is 7.05 Å². The molecule has 5 heteroatoms. The van der Waals surface area contributed by atoms with Crippen molar-refractivity contribution in [2.24, 2.45) is 10.9 Å². The minimum absolute atomic E-state index is 0. The van der Waals surface area contributed by atoms with Gasteiger partial charge in [-0.1, -0.05) is 26.0 Å². The molecule has 0 amide bonds. The molecule has 22 heavy (non-hydrogen) atoms. The zero-order valence-electron chi connectivity index (χ0n) is 13.9. The molecule has 0 saturated heterocycles. The molecular weight excluding hydrogens is 387 g/mol. The number of hydrogen-bond donors (Lipinski definition) is 2. The Morgan fingerprint density at radius 3 is 2.32 bits per heavy atom. The number of nitriles is 1. The third-order valence-electron chi connectivity index (χ3n) is 3.33. The van der Waals surface area contributed by atoms with Gasteiger partial charge in [-0.25, -0.2) is 0 Å². The van der Waals surface area contributed by atoms with Gasteiger partial charge in [0.25, 0.3) is 0 Å². The molecule has 1 unspecified atom stereocenters. The molecule has 0 spiro atoms. The third-order valence-corrected chi connectivity index (χ3v) is 3.33. The van der Waals surface area contributed by atoms with E-state index in [2.05, 4.69) is 42.5 Å². The first kappa shape index (κ1) is 20.7. The van der Waals surface area contributed by atoms with Crippen LogP contribution in [0.15, 0.2) is 29.3 Å². The van der Waals surface area contributed by atoms with E-state index in [4.69, 9.17) is 5.26 Å². The molecule has 0 fully saturated rings. The Morgan fingerprint density at radius 2 is 1.82 bits per heavy atom. The lowest BCUT2D eigenvalue weighted by Crippen LogP contribution is -2.41. The lowest BCUT2D eigenvalue weighted by Gasteiger charge is -2.18. The molecule has 0 aliphatic rings. The fourth-order valence-corrected chi connectivity index (χ4v) is 1.97. The summed E-state index contributed by atoms with van der Waals surface area (Å²) in [6.45, 7) is 7.36. The first-order valence-corrected chi connectivity index (χ1v) is 7.51. The van der Waals surface area contributed by atoms with Crippen LogP contribution in [0.4, 0.5) is 0 Å². The molecule has 1 aromatic rings. The molecule has 1 rings (SSSR count). The molecule has 122 valence electrons. The number of nitrogens with zero attached hydrogens (tertiary/aromatic N) is 2. The number of guanidine groups is 1. The molecule has 0 aliphatic carbocycles. The average molecular weight is 414 g/mol. The summed E-state index contributed by atoms with van der Waals surface area (Å²) in [5, 5.41) is 15.5. The summed E-state index contributed by atoms with van der Waals surface area (Å²) >= 11 is 0. The summed E-state index contributed by atoms with van der Waals surface area (Å²) in [7, 11) is 1.78. The number of rotatable bonds is 6. The first-order chi connectivity index (χ1) is 10.0. The number of halogens is 1. The van der Waals surface area contributed by atoms with Crippen LogP contribution in [0, 0.1) is 17.2 Å². The lowest BCUT2D eigenvalue weighted by molar-refractivity contribution is 0.489. The largest absolute Gasteiger partial charge is 0.354 e. The van der Waals surface area contributed by atoms with Gasteiger partial charge in [-0.3, -0.25) is 4.99 Å². The van der Waals surface area contributed by atoms with Gasteiger partial charge in [-0.15, -0.1) is 24.0 Å². The molecule has 0 radical (unpaired) electrons. The fourth-order valence-electron chi connectivity index (χ4n) is 1.97. The van der Waals surface area contributed by atoms with E-state index in [0.717, 1.165) is 23.9 Å². The van der Waals surface area contributed by atoms with Gasteiger partial charge in [0.2, 0.25) is 0 Å². The summed E-state index contributed by atoms with van der Waals surface area (Å²) in [5.74, 6) is 1.54. The van der Waals surface area contributed by atoms with Crippen LogP contribution in [0.2, 0.25) is 0 Å². The van der Waals surface area contributed by atoms with Gasteiger partial charge in [0.05, 0.1) is 11.6 Å². The topological polar surface area (TPSA) is 60.2 Å².